The van der Waals surface area contributed by atoms with Crippen molar-refractivity contribution in [2.75, 3.05) is 24.5 Å². The second kappa shape index (κ2) is 10.3. The first-order valence-corrected chi connectivity index (χ1v) is 12.6. The fourth-order valence-electron chi connectivity index (χ4n) is 5.04. The first-order valence-electron chi connectivity index (χ1n) is 11.7. The van der Waals surface area contributed by atoms with Crippen LogP contribution in [-0.2, 0) is 4.79 Å². The van der Waals surface area contributed by atoms with Crippen LogP contribution in [-0.4, -0.2) is 48.2 Å². The van der Waals surface area contributed by atoms with E-state index in [9.17, 15) is 9.59 Å². The van der Waals surface area contributed by atoms with Gasteiger partial charge in [-0.1, -0.05) is 11.6 Å². The summed E-state index contributed by atoms with van der Waals surface area (Å²) in [6.07, 6.45) is 5.87. The van der Waals surface area contributed by atoms with Gasteiger partial charge in [0.15, 0.2) is 11.6 Å². The summed E-state index contributed by atoms with van der Waals surface area (Å²) in [7, 11) is 0. The van der Waals surface area contributed by atoms with Gasteiger partial charge in [-0.2, -0.15) is 0 Å². The van der Waals surface area contributed by atoms with Crippen LogP contribution in [0, 0.1) is 6.92 Å². The molecule has 0 atom stereocenters. The number of ketones is 2. The fourth-order valence-corrected chi connectivity index (χ4v) is 6.28. The summed E-state index contributed by atoms with van der Waals surface area (Å²) in [5, 5.41) is 3.28. The van der Waals surface area contributed by atoms with Gasteiger partial charge in [0.2, 0.25) is 0 Å². The average Bonchev–Trinajstić information content (AvgIpc) is 3.09. The molecule has 1 aliphatic heterocycles. The Kier molecular flexibility index (Phi) is 7.92. The summed E-state index contributed by atoms with van der Waals surface area (Å²) in [5.74, 6) is 0.336. The number of piperidine rings is 1. The molecule has 1 fully saturated rings. The summed E-state index contributed by atoms with van der Waals surface area (Å²) in [5.41, 5.74) is 4.91. The number of anilines is 1. The van der Waals surface area contributed by atoms with E-state index in [1.54, 1.807) is 11.3 Å². The van der Waals surface area contributed by atoms with Crippen molar-refractivity contribution in [3.05, 3.63) is 39.3 Å². The number of nitrogens with zero attached hydrogens (tertiary/aromatic N) is 2. The Bertz CT molecular complexity index is 885. The molecule has 0 amide bonds. The first kappa shape index (κ1) is 23.9. The van der Waals surface area contributed by atoms with Crippen molar-refractivity contribution < 1.29 is 9.59 Å². The maximum Gasteiger partial charge on any atom is 0.164 e. The minimum Gasteiger partial charge on any atom is -0.360 e. The second-order valence-corrected chi connectivity index (χ2v) is 10.3. The zero-order chi connectivity index (χ0) is 22.7. The van der Waals surface area contributed by atoms with Gasteiger partial charge in [-0.05, 0) is 77.5 Å². The zero-order valence-electron chi connectivity index (χ0n) is 20.1. The Hall–Kier alpha value is -1.72. The van der Waals surface area contributed by atoms with Crippen LogP contribution in [0.25, 0.3) is 0 Å². The molecule has 2 heterocycles. The van der Waals surface area contributed by atoms with Crippen LogP contribution >= 0.6 is 11.3 Å². The molecule has 2 aliphatic rings. The Morgan fingerprint density at radius 2 is 1.90 bits per heavy atom. The molecular formula is C26H38N2O2S. The van der Waals surface area contributed by atoms with Crippen molar-refractivity contribution in [3.8, 4) is 0 Å². The van der Waals surface area contributed by atoms with Gasteiger partial charge in [0.25, 0.3) is 0 Å². The largest absolute Gasteiger partial charge is 0.360 e. The van der Waals surface area contributed by atoms with Crippen molar-refractivity contribution in [1.29, 1.82) is 0 Å². The van der Waals surface area contributed by atoms with Crippen LogP contribution < -0.4 is 4.90 Å². The summed E-state index contributed by atoms with van der Waals surface area (Å²) in [6.45, 7) is 16.1. The van der Waals surface area contributed by atoms with Gasteiger partial charge < -0.3 is 9.80 Å². The highest BCUT2D eigenvalue weighted by molar-refractivity contribution is 7.14. The number of hydrogen-bond donors (Lipinski definition) is 0. The predicted molar refractivity (Wildman–Crippen MR) is 131 cm³/mol. The normalized spacial score (nSPS) is 18.7. The zero-order valence-corrected chi connectivity index (χ0v) is 20.9. The van der Waals surface area contributed by atoms with Crippen LogP contribution in [0.1, 0.15) is 82.6 Å². The molecule has 0 aromatic carbocycles. The maximum absolute atomic E-state index is 13.0. The molecule has 0 bridgehead atoms. The molecular weight excluding hydrogens is 404 g/mol. The van der Waals surface area contributed by atoms with Gasteiger partial charge in [-0.3, -0.25) is 9.59 Å². The van der Waals surface area contributed by atoms with E-state index >= 15 is 0 Å². The molecule has 1 aromatic rings. The lowest BCUT2D eigenvalue weighted by atomic mass is 9.89. The lowest BCUT2D eigenvalue weighted by Gasteiger charge is -2.40. The summed E-state index contributed by atoms with van der Waals surface area (Å²) >= 11 is 1.70. The van der Waals surface area contributed by atoms with Crippen LogP contribution in [0.2, 0.25) is 0 Å². The third-order valence-corrected chi connectivity index (χ3v) is 8.02. The molecule has 0 radical (unpaired) electrons. The van der Waals surface area contributed by atoms with E-state index < -0.39 is 0 Å². The molecule has 0 spiro atoms. The monoisotopic (exact) mass is 442 g/mol. The van der Waals surface area contributed by atoms with Crippen LogP contribution in [0.15, 0.2) is 28.2 Å². The summed E-state index contributed by atoms with van der Waals surface area (Å²) in [4.78, 5) is 30.5. The van der Waals surface area contributed by atoms with Gasteiger partial charge in [0.05, 0.1) is 5.00 Å². The van der Waals surface area contributed by atoms with E-state index in [1.165, 1.54) is 17.8 Å². The molecule has 5 heteroatoms. The van der Waals surface area contributed by atoms with Gasteiger partial charge in [-0.15, -0.1) is 11.3 Å². The Balaban J connectivity index is 1.68. The number of carbonyl (C=O) groups excluding carboxylic acids is 2. The fraction of sp³-hybridized carbons (Fsp3) is 0.615. The van der Waals surface area contributed by atoms with E-state index in [2.05, 4.69) is 43.6 Å². The molecule has 1 saturated heterocycles. The number of hydrogen-bond acceptors (Lipinski definition) is 5. The minimum atomic E-state index is 0.157. The third-order valence-electron chi connectivity index (χ3n) is 6.90. The molecule has 0 N–H and O–H groups in total. The Labute approximate surface area is 192 Å². The predicted octanol–water partition coefficient (Wildman–Crippen LogP) is 5.95. The van der Waals surface area contributed by atoms with Crippen molar-refractivity contribution in [2.45, 2.75) is 85.7 Å². The van der Waals surface area contributed by atoms with E-state index in [1.807, 2.05) is 19.2 Å². The lowest BCUT2D eigenvalue weighted by Crippen LogP contribution is -2.47. The quantitative estimate of drug-likeness (QED) is 0.466. The topological polar surface area (TPSA) is 40.6 Å². The van der Waals surface area contributed by atoms with Gasteiger partial charge in [0, 0.05) is 55.5 Å². The number of thiophene rings is 1. The maximum atomic E-state index is 13.0. The Morgan fingerprint density at radius 1 is 1.23 bits per heavy atom. The summed E-state index contributed by atoms with van der Waals surface area (Å²) < 4.78 is 0. The molecule has 1 aromatic heterocycles. The van der Waals surface area contributed by atoms with E-state index in [0.717, 1.165) is 47.5 Å². The highest BCUT2D eigenvalue weighted by atomic mass is 32.1. The van der Waals surface area contributed by atoms with Crippen LogP contribution in [0.4, 0.5) is 5.00 Å². The smallest absolute Gasteiger partial charge is 0.164 e. The molecule has 0 saturated carbocycles. The number of likely N-dealkylation sites (tertiary alicyclic amines) is 1. The highest BCUT2D eigenvalue weighted by Crippen LogP contribution is 2.35. The van der Waals surface area contributed by atoms with Crippen LogP contribution in [0.3, 0.4) is 0 Å². The molecule has 0 unspecified atom stereocenters. The standard InChI is InChI=1S/C26H38N2O2S/c1-7-28(21-10-12-27(13-11-21)17(2)3)26-20(6)23(16-31-26)24(29)9-8-22-19(5)14-18(4)15-25(22)30/h14,16-17,21H,7-13,15H2,1-6H3. The van der Waals surface area contributed by atoms with Crippen molar-refractivity contribution in [3.63, 3.8) is 0 Å². The molecule has 170 valence electrons. The van der Waals surface area contributed by atoms with E-state index in [4.69, 9.17) is 0 Å². The third kappa shape index (κ3) is 5.38. The number of allylic oxidation sites excluding steroid dienone is 4. The van der Waals surface area contributed by atoms with Crippen molar-refractivity contribution >= 4 is 27.9 Å². The van der Waals surface area contributed by atoms with Gasteiger partial charge >= 0.3 is 0 Å². The number of carbonyl (C=O) groups is 2. The average molecular weight is 443 g/mol. The minimum absolute atomic E-state index is 0.157. The van der Waals surface area contributed by atoms with E-state index in [-0.39, 0.29) is 11.6 Å². The molecule has 31 heavy (non-hydrogen) atoms. The van der Waals surface area contributed by atoms with E-state index in [0.29, 0.717) is 31.3 Å². The van der Waals surface area contributed by atoms with Gasteiger partial charge in [0.1, 0.15) is 0 Å². The molecule has 4 nitrogen and oxygen atoms in total. The highest BCUT2D eigenvalue weighted by Gasteiger charge is 2.28. The number of Topliss-reactive ketones (excluding diaryl/α,β-unsaturated/α-hetero) is 2. The molecule has 1 aliphatic carbocycles. The summed E-state index contributed by atoms with van der Waals surface area (Å²) in [6, 6.07) is 1.15. The second-order valence-electron chi connectivity index (χ2n) is 9.40. The number of rotatable bonds is 8. The van der Waals surface area contributed by atoms with Crippen molar-refractivity contribution in [2.24, 2.45) is 0 Å². The Morgan fingerprint density at radius 3 is 2.48 bits per heavy atom. The van der Waals surface area contributed by atoms with Crippen molar-refractivity contribution in [1.82, 2.24) is 4.90 Å². The lowest BCUT2D eigenvalue weighted by molar-refractivity contribution is -0.115. The van der Waals surface area contributed by atoms with Gasteiger partial charge in [-0.25, -0.2) is 0 Å². The SMILES string of the molecule is CCN(c1scc(C(=O)CCC2=C(C)C=C(C)CC2=O)c1C)C1CCN(C(C)C)CC1. The molecule has 3 rings (SSSR count). The van der Waals surface area contributed by atoms with Crippen LogP contribution in [0.5, 0.6) is 0 Å². The first-order chi connectivity index (χ1) is 14.7.